The highest BCUT2D eigenvalue weighted by atomic mass is 79.9. The van der Waals surface area contributed by atoms with Gasteiger partial charge in [0.2, 0.25) is 0 Å². The van der Waals surface area contributed by atoms with Crippen molar-refractivity contribution in [1.82, 2.24) is 4.90 Å². The van der Waals surface area contributed by atoms with E-state index in [1.54, 1.807) is 12.1 Å². The number of ketones is 1. The van der Waals surface area contributed by atoms with Gasteiger partial charge in [0.25, 0.3) is 0 Å². The number of nitrogens with zero attached hydrogens (tertiary/aromatic N) is 1. The fourth-order valence-electron chi connectivity index (χ4n) is 3.25. The number of rotatable bonds is 6. The Balaban J connectivity index is 0.00000261. The van der Waals surface area contributed by atoms with E-state index in [1.807, 2.05) is 0 Å². The first-order valence-electron chi connectivity index (χ1n) is 9.06. The van der Waals surface area contributed by atoms with Crippen molar-refractivity contribution in [3.05, 3.63) is 75.5 Å². The van der Waals surface area contributed by atoms with Crippen molar-refractivity contribution in [2.75, 3.05) is 19.6 Å². The lowest BCUT2D eigenvalue weighted by molar-refractivity contribution is 0.0974. The second-order valence-corrected chi connectivity index (χ2v) is 7.65. The largest absolute Gasteiger partial charge is 0.303 e. The molecule has 0 aromatic heterocycles. The second-order valence-electron chi connectivity index (χ2n) is 6.73. The molecule has 0 N–H and O–H groups in total. The first-order chi connectivity index (χ1) is 12.6. The fourth-order valence-corrected chi connectivity index (χ4v) is 3.51. The minimum absolute atomic E-state index is 0. The third-order valence-corrected chi connectivity index (χ3v) is 5.31. The summed E-state index contributed by atoms with van der Waals surface area (Å²) in [4.78, 5) is 14.6. The molecule has 0 aliphatic carbocycles. The molecule has 0 amide bonds. The summed E-state index contributed by atoms with van der Waals surface area (Å²) < 4.78 is 14.0. The Kier molecular flexibility index (Phi) is 8.68. The topological polar surface area (TPSA) is 20.3 Å². The summed E-state index contributed by atoms with van der Waals surface area (Å²) >= 11 is 3.46. The van der Waals surface area contributed by atoms with Crippen LogP contribution in [0.3, 0.4) is 0 Å². The summed E-state index contributed by atoms with van der Waals surface area (Å²) in [5, 5.41) is 0. The predicted molar refractivity (Wildman–Crippen MR) is 115 cm³/mol. The van der Waals surface area contributed by atoms with E-state index in [0.717, 1.165) is 43.4 Å². The van der Waals surface area contributed by atoms with Gasteiger partial charge in [0.15, 0.2) is 5.78 Å². The number of carbonyl (C=O) groups excluding carboxylic acids is 1. The number of benzene rings is 2. The summed E-state index contributed by atoms with van der Waals surface area (Å²) in [6.45, 7) is 3.04. The zero-order valence-corrected chi connectivity index (χ0v) is 17.6. The number of piperidine rings is 1. The zero-order chi connectivity index (χ0) is 18.4. The second kappa shape index (κ2) is 10.7. The van der Waals surface area contributed by atoms with Crippen LogP contribution in [0, 0.1) is 5.82 Å². The first-order valence-corrected chi connectivity index (χ1v) is 9.85. The highest BCUT2D eigenvalue weighted by molar-refractivity contribution is 9.10. The molecular formula is C22H24BrClFNO. The molecule has 0 saturated carbocycles. The van der Waals surface area contributed by atoms with Crippen LogP contribution in [0.4, 0.5) is 4.39 Å². The van der Waals surface area contributed by atoms with Gasteiger partial charge in [-0.25, -0.2) is 4.39 Å². The van der Waals surface area contributed by atoms with Gasteiger partial charge in [0.1, 0.15) is 5.82 Å². The van der Waals surface area contributed by atoms with Crippen molar-refractivity contribution in [2.45, 2.75) is 25.7 Å². The Hall–Kier alpha value is -1.49. The number of hydrogen-bond donors (Lipinski definition) is 0. The maximum Gasteiger partial charge on any atom is 0.162 e. The van der Waals surface area contributed by atoms with E-state index < -0.39 is 0 Å². The first kappa shape index (κ1) is 21.8. The lowest BCUT2D eigenvalue weighted by Gasteiger charge is -2.28. The Morgan fingerprint density at radius 3 is 2.30 bits per heavy atom. The summed E-state index contributed by atoms with van der Waals surface area (Å²) in [5.74, 6) is -0.209. The van der Waals surface area contributed by atoms with Crippen LogP contribution in [0.25, 0.3) is 6.08 Å². The SMILES string of the molecule is Cl.O=C(CCCN1CCC(=Cc2ccc(Br)cc2)CC1)c1ccc(F)cc1. The van der Waals surface area contributed by atoms with Crippen molar-refractivity contribution in [3.8, 4) is 0 Å². The van der Waals surface area contributed by atoms with Gasteiger partial charge < -0.3 is 4.90 Å². The van der Waals surface area contributed by atoms with Crippen molar-refractivity contribution in [2.24, 2.45) is 0 Å². The quantitative estimate of drug-likeness (QED) is 0.490. The predicted octanol–water partition coefficient (Wildman–Crippen LogP) is 6.15. The van der Waals surface area contributed by atoms with E-state index in [1.165, 1.54) is 23.3 Å². The molecule has 1 heterocycles. The maximum atomic E-state index is 12.9. The van der Waals surface area contributed by atoms with E-state index >= 15 is 0 Å². The third-order valence-electron chi connectivity index (χ3n) is 4.78. The summed E-state index contributed by atoms with van der Waals surface area (Å²) in [6, 6.07) is 14.2. The molecular weight excluding hydrogens is 429 g/mol. The number of hydrogen-bond acceptors (Lipinski definition) is 2. The average molecular weight is 453 g/mol. The van der Waals surface area contributed by atoms with Crippen LogP contribution in [-0.2, 0) is 0 Å². The highest BCUT2D eigenvalue weighted by Crippen LogP contribution is 2.21. The summed E-state index contributed by atoms with van der Waals surface area (Å²) in [5.41, 5.74) is 3.34. The molecule has 1 fully saturated rings. The molecule has 1 aliphatic rings. The molecule has 0 radical (unpaired) electrons. The molecule has 1 aliphatic heterocycles. The lowest BCUT2D eigenvalue weighted by atomic mass is 10.0. The highest BCUT2D eigenvalue weighted by Gasteiger charge is 2.14. The molecule has 2 aromatic carbocycles. The van der Waals surface area contributed by atoms with E-state index in [0.29, 0.717) is 12.0 Å². The van der Waals surface area contributed by atoms with Gasteiger partial charge in [-0.05, 0) is 67.8 Å². The monoisotopic (exact) mass is 451 g/mol. The number of likely N-dealkylation sites (tertiary alicyclic amines) is 1. The molecule has 0 unspecified atom stereocenters. The minimum Gasteiger partial charge on any atom is -0.303 e. The van der Waals surface area contributed by atoms with Crippen molar-refractivity contribution < 1.29 is 9.18 Å². The smallest absolute Gasteiger partial charge is 0.162 e. The van der Waals surface area contributed by atoms with E-state index in [9.17, 15) is 9.18 Å². The Morgan fingerprint density at radius 1 is 1.04 bits per heavy atom. The third kappa shape index (κ3) is 6.87. The van der Waals surface area contributed by atoms with Gasteiger partial charge >= 0.3 is 0 Å². The molecule has 144 valence electrons. The molecule has 2 nitrogen and oxygen atoms in total. The minimum atomic E-state index is -0.304. The number of halogens is 3. The van der Waals surface area contributed by atoms with Crippen LogP contribution in [0.15, 0.2) is 58.6 Å². The maximum absolute atomic E-state index is 12.9. The van der Waals surface area contributed by atoms with Crippen LogP contribution in [0.2, 0.25) is 0 Å². The normalized spacial score (nSPS) is 14.5. The van der Waals surface area contributed by atoms with Gasteiger partial charge in [-0.15, -0.1) is 12.4 Å². The summed E-state index contributed by atoms with van der Waals surface area (Å²) in [7, 11) is 0. The van der Waals surface area contributed by atoms with Crippen molar-refractivity contribution in [3.63, 3.8) is 0 Å². The summed E-state index contributed by atoms with van der Waals surface area (Å²) in [6.07, 6.45) is 5.83. The Labute approximate surface area is 175 Å². The lowest BCUT2D eigenvalue weighted by Crippen LogP contribution is -2.31. The molecule has 5 heteroatoms. The van der Waals surface area contributed by atoms with E-state index in [4.69, 9.17) is 0 Å². The Morgan fingerprint density at radius 2 is 1.67 bits per heavy atom. The van der Waals surface area contributed by atoms with E-state index in [2.05, 4.69) is 51.2 Å². The van der Waals surface area contributed by atoms with Crippen LogP contribution < -0.4 is 0 Å². The molecule has 0 bridgehead atoms. The molecule has 3 rings (SSSR count). The van der Waals surface area contributed by atoms with Crippen molar-refractivity contribution >= 4 is 40.2 Å². The molecule has 1 saturated heterocycles. The van der Waals surface area contributed by atoms with Crippen LogP contribution in [0.5, 0.6) is 0 Å². The van der Waals surface area contributed by atoms with Crippen LogP contribution in [0.1, 0.15) is 41.6 Å². The van der Waals surface area contributed by atoms with Crippen LogP contribution in [-0.4, -0.2) is 30.3 Å². The van der Waals surface area contributed by atoms with Gasteiger partial charge in [-0.1, -0.05) is 39.7 Å². The number of carbonyl (C=O) groups is 1. The zero-order valence-electron chi connectivity index (χ0n) is 15.2. The van der Waals surface area contributed by atoms with E-state index in [-0.39, 0.29) is 24.0 Å². The standard InChI is InChI=1S/C22H23BrFNO.ClH/c23-20-7-3-17(4-8-20)16-18-11-14-25(15-12-18)13-1-2-22(26)19-5-9-21(24)10-6-19;/h3-10,16H,1-2,11-15H2;1H. The average Bonchev–Trinajstić information content (AvgIpc) is 2.65. The van der Waals surface area contributed by atoms with Gasteiger partial charge in [0, 0.05) is 29.5 Å². The van der Waals surface area contributed by atoms with Crippen molar-refractivity contribution in [1.29, 1.82) is 0 Å². The Bertz CT molecular complexity index is 764. The molecule has 0 spiro atoms. The molecule has 0 atom stereocenters. The molecule has 2 aromatic rings. The fraction of sp³-hybridized carbons (Fsp3) is 0.318. The van der Waals surface area contributed by atoms with Gasteiger partial charge in [0.05, 0.1) is 0 Å². The van der Waals surface area contributed by atoms with Crippen LogP contribution >= 0.6 is 28.3 Å². The van der Waals surface area contributed by atoms with Gasteiger partial charge in [-0.3, -0.25) is 4.79 Å². The molecule has 27 heavy (non-hydrogen) atoms. The van der Waals surface area contributed by atoms with Gasteiger partial charge in [-0.2, -0.15) is 0 Å². The number of Topliss-reactive ketones (excluding diaryl/α,β-unsaturated/α-hetero) is 1.